The van der Waals surface area contributed by atoms with Gasteiger partial charge in [-0.15, -0.1) is 0 Å². The highest BCUT2D eigenvalue weighted by molar-refractivity contribution is 7.99. The van der Waals surface area contributed by atoms with E-state index >= 15 is 0 Å². The lowest BCUT2D eigenvalue weighted by atomic mass is 10.1. The lowest BCUT2D eigenvalue weighted by Gasteiger charge is -2.08. The van der Waals surface area contributed by atoms with Crippen LogP contribution in [0, 0.1) is 5.82 Å². The Morgan fingerprint density at radius 2 is 1.92 bits per heavy atom. The molecule has 3 nitrogen and oxygen atoms in total. The maximum atomic E-state index is 13.0. The summed E-state index contributed by atoms with van der Waals surface area (Å²) in [4.78, 5) is 16.9. The molecule has 1 aromatic heterocycles. The Kier molecular flexibility index (Phi) is 5.30. The molecule has 2 aromatic carbocycles. The second-order valence-corrected chi connectivity index (χ2v) is 6.55. The summed E-state index contributed by atoms with van der Waals surface area (Å²) in [6, 6.07) is 13.7. The molecule has 0 aliphatic carbocycles. The number of carbonyl (C=O) groups excluding carboxylic acids is 1. The summed E-state index contributed by atoms with van der Waals surface area (Å²) in [5.74, 6) is -0.0594. The standard InChI is InChI=1S/C19H19FN2OS/c1-2-3-12-22-17-7-5-4-6-16(17)21-19(22)24-13-18(23)14-8-10-15(20)11-9-14/h4-11H,2-3,12-13H2,1H3. The number of imidazole rings is 1. The van der Waals surface area contributed by atoms with E-state index < -0.39 is 0 Å². The Bertz CT molecular complexity index is 842. The van der Waals surface area contributed by atoms with Crippen molar-refractivity contribution in [3.63, 3.8) is 0 Å². The van der Waals surface area contributed by atoms with Crippen LogP contribution in [0.15, 0.2) is 53.7 Å². The SMILES string of the molecule is CCCCn1c(SCC(=O)c2ccc(F)cc2)nc2ccccc21. The number of hydrogen-bond donors (Lipinski definition) is 0. The van der Waals surface area contributed by atoms with Crippen LogP contribution >= 0.6 is 11.8 Å². The topological polar surface area (TPSA) is 34.9 Å². The summed E-state index contributed by atoms with van der Waals surface area (Å²) in [5, 5.41) is 0.861. The van der Waals surface area contributed by atoms with Crippen molar-refractivity contribution in [1.29, 1.82) is 0 Å². The van der Waals surface area contributed by atoms with Crippen LogP contribution in [0.2, 0.25) is 0 Å². The van der Waals surface area contributed by atoms with Gasteiger partial charge in [0.05, 0.1) is 16.8 Å². The molecule has 0 bridgehead atoms. The summed E-state index contributed by atoms with van der Waals surface area (Å²) in [7, 11) is 0. The average Bonchev–Trinajstić information content (AvgIpc) is 2.96. The average molecular weight is 342 g/mol. The van der Waals surface area contributed by atoms with Gasteiger partial charge in [-0.2, -0.15) is 0 Å². The molecule has 0 amide bonds. The van der Waals surface area contributed by atoms with E-state index in [1.54, 1.807) is 0 Å². The van der Waals surface area contributed by atoms with E-state index in [0.717, 1.165) is 35.6 Å². The number of thioether (sulfide) groups is 1. The first kappa shape index (κ1) is 16.7. The Morgan fingerprint density at radius 3 is 2.67 bits per heavy atom. The Morgan fingerprint density at radius 1 is 1.17 bits per heavy atom. The Hall–Kier alpha value is -2.14. The van der Waals surface area contributed by atoms with Crippen molar-refractivity contribution in [2.24, 2.45) is 0 Å². The predicted octanol–water partition coefficient (Wildman–Crippen LogP) is 4.95. The maximum absolute atomic E-state index is 13.0. The number of fused-ring (bicyclic) bond motifs is 1. The minimum Gasteiger partial charge on any atom is -0.319 e. The molecule has 0 saturated carbocycles. The minimum atomic E-state index is -0.333. The lowest BCUT2D eigenvalue weighted by molar-refractivity contribution is 0.102. The van der Waals surface area contributed by atoms with Crippen molar-refractivity contribution < 1.29 is 9.18 Å². The molecule has 0 radical (unpaired) electrons. The van der Waals surface area contributed by atoms with Crippen LogP contribution in [0.4, 0.5) is 4.39 Å². The van der Waals surface area contributed by atoms with Gasteiger partial charge in [0.2, 0.25) is 0 Å². The zero-order valence-electron chi connectivity index (χ0n) is 13.5. The number of benzene rings is 2. The van der Waals surface area contributed by atoms with Gasteiger partial charge in [-0.25, -0.2) is 9.37 Å². The highest BCUT2D eigenvalue weighted by Crippen LogP contribution is 2.25. The molecule has 24 heavy (non-hydrogen) atoms. The first-order valence-electron chi connectivity index (χ1n) is 8.06. The third-order valence-corrected chi connectivity index (χ3v) is 4.83. The lowest BCUT2D eigenvalue weighted by Crippen LogP contribution is -2.05. The molecular formula is C19H19FN2OS. The Labute approximate surface area is 144 Å². The molecule has 0 saturated heterocycles. The molecule has 0 aliphatic rings. The van der Waals surface area contributed by atoms with E-state index in [1.165, 1.54) is 36.0 Å². The molecule has 0 aliphatic heterocycles. The van der Waals surface area contributed by atoms with E-state index in [2.05, 4.69) is 22.5 Å². The van der Waals surface area contributed by atoms with Crippen LogP contribution in [-0.2, 0) is 6.54 Å². The van der Waals surface area contributed by atoms with Gasteiger partial charge < -0.3 is 4.57 Å². The number of nitrogens with zero attached hydrogens (tertiary/aromatic N) is 2. The minimum absolute atomic E-state index is 0.0194. The van der Waals surface area contributed by atoms with Gasteiger partial charge in [-0.3, -0.25) is 4.79 Å². The summed E-state index contributed by atoms with van der Waals surface area (Å²) >= 11 is 1.44. The van der Waals surface area contributed by atoms with Crippen LogP contribution in [0.25, 0.3) is 11.0 Å². The number of Topliss-reactive ketones (excluding diaryl/α,β-unsaturated/α-hetero) is 1. The quantitative estimate of drug-likeness (QED) is 0.450. The predicted molar refractivity (Wildman–Crippen MR) is 96.1 cm³/mol. The number of aromatic nitrogens is 2. The van der Waals surface area contributed by atoms with Crippen molar-refractivity contribution >= 4 is 28.6 Å². The number of para-hydroxylation sites is 2. The first-order valence-corrected chi connectivity index (χ1v) is 9.04. The zero-order chi connectivity index (χ0) is 16.9. The van der Waals surface area contributed by atoms with Crippen LogP contribution in [-0.4, -0.2) is 21.1 Å². The van der Waals surface area contributed by atoms with Gasteiger partial charge in [0.25, 0.3) is 0 Å². The highest BCUT2D eigenvalue weighted by atomic mass is 32.2. The third kappa shape index (κ3) is 3.67. The van der Waals surface area contributed by atoms with Crippen molar-refractivity contribution in [1.82, 2.24) is 9.55 Å². The van der Waals surface area contributed by atoms with Gasteiger partial charge in [0.1, 0.15) is 5.82 Å². The maximum Gasteiger partial charge on any atom is 0.173 e. The van der Waals surface area contributed by atoms with Crippen molar-refractivity contribution in [3.05, 3.63) is 59.9 Å². The molecule has 0 spiro atoms. The fourth-order valence-electron chi connectivity index (χ4n) is 2.55. The molecule has 0 N–H and O–H groups in total. The van der Waals surface area contributed by atoms with Crippen molar-refractivity contribution in [3.8, 4) is 0 Å². The summed E-state index contributed by atoms with van der Waals surface area (Å²) in [5.41, 5.74) is 2.58. The third-order valence-electron chi connectivity index (χ3n) is 3.85. The summed E-state index contributed by atoms with van der Waals surface area (Å²) < 4.78 is 15.1. The number of hydrogen-bond acceptors (Lipinski definition) is 3. The van der Waals surface area contributed by atoms with Crippen molar-refractivity contribution in [2.75, 3.05) is 5.75 Å². The number of rotatable bonds is 7. The molecular weight excluding hydrogens is 323 g/mol. The van der Waals surface area contributed by atoms with E-state index in [1.807, 2.05) is 18.2 Å². The van der Waals surface area contributed by atoms with Gasteiger partial charge >= 0.3 is 0 Å². The smallest absolute Gasteiger partial charge is 0.173 e. The van der Waals surface area contributed by atoms with E-state index in [0.29, 0.717) is 11.3 Å². The van der Waals surface area contributed by atoms with E-state index in [9.17, 15) is 9.18 Å². The van der Waals surface area contributed by atoms with Crippen molar-refractivity contribution in [2.45, 2.75) is 31.5 Å². The van der Waals surface area contributed by atoms with Gasteiger partial charge in [0.15, 0.2) is 10.9 Å². The van der Waals surface area contributed by atoms with Gasteiger partial charge in [-0.05, 0) is 42.8 Å². The number of carbonyl (C=O) groups is 1. The Balaban J connectivity index is 1.78. The largest absolute Gasteiger partial charge is 0.319 e. The van der Waals surface area contributed by atoms with Gasteiger partial charge in [0, 0.05) is 12.1 Å². The summed E-state index contributed by atoms with van der Waals surface area (Å²) in [6.45, 7) is 3.05. The van der Waals surface area contributed by atoms with Crippen LogP contribution < -0.4 is 0 Å². The molecule has 0 unspecified atom stereocenters. The molecule has 3 aromatic rings. The zero-order valence-corrected chi connectivity index (χ0v) is 14.4. The first-order chi connectivity index (χ1) is 11.7. The summed E-state index contributed by atoms with van der Waals surface area (Å²) in [6.07, 6.45) is 2.17. The fourth-order valence-corrected chi connectivity index (χ4v) is 3.48. The molecule has 5 heteroatoms. The van der Waals surface area contributed by atoms with E-state index in [4.69, 9.17) is 0 Å². The molecule has 3 rings (SSSR count). The number of halogens is 1. The monoisotopic (exact) mass is 342 g/mol. The van der Waals surface area contributed by atoms with Crippen LogP contribution in [0.3, 0.4) is 0 Å². The van der Waals surface area contributed by atoms with E-state index in [-0.39, 0.29) is 11.6 Å². The number of ketones is 1. The second kappa shape index (κ2) is 7.62. The fraction of sp³-hybridized carbons (Fsp3) is 0.263. The molecule has 124 valence electrons. The van der Waals surface area contributed by atoms with Crippen LogP contribution in [0.5, 0.6) is 0 Å². The number of aryl methyl sites for hydroxylation is 1. The number of unbranched alkanes of at least 4 members (excludes halogenated alkanes) is 1. The highest BCUT2D eigenvalue weighted by Gasteiger charge is 2.13. The molecule has 1 heterocycles. The molecule has 0 atom stereocenters. The normalized spacial score (nSPS) is 11.1. The van der Waals surface area contributed by atoms with Gasteiger partial charge in [-0.1, -0.05) is 37.2 Å². The second-order valence-electron chi connectivity index (χ2n) is 5.61. The molecule has 0 fully saturated rings. The van der Waals surface area contributed by atoms with Crippen LogP contribution in [0.1, 0.15) is 30.1 Å².